The van der Waals surface area contributed by atoms with Gasteiger partial charge < -0.3 is 4.57 Å². The van der Waals surface area contributed by atoms with Crippen LogP contribution in [0.1, 0.15) is 24.8 Å². The van der Waals surface area contributed by atoms with Crippen LogP contribution in [-0.4, -0.2) is 25.1 Å². The lowest BCUT2D eigenvalue weighted by atomic mass is 10.1. The average molecular weight is 319 g/mol. The summed E-state index contributed by atoms with van der Waals surface area (Å²) in [6.45, 7) is 1.08. The van der Waals surface area contributed by atoms with Gasteiger partial charge in [0.15, 0.2) is 0 Å². The lowest BCUT2D eigenvalue weighted by molar-refractivity contribution is 0.569. The van der Waals surface area contributed by atoms with Crippen molar-refractivity contribution < 1.29 is 0 Å². The number of imidazole rings is 1. The molecule has 2 aromatic rings. The Balaban J connectivity index is 1.62. The van der Waals surface area contributed by atoms with Gasteiger partial charge in [0.2, 0.25) is 0 Å². The summed E-state index contributed by atoms with van der Waals surface area (Å²) < 4.78 is 2.60. The van der Waals surface area contributed by atoms with Crippen molar-refractivity contribution in [2.45, 2.75) is 36.3 Å². The Kier molecular flexibility index (Phi) is 5.31. The smallest absolute Gasteiger partial charge is 0.0945 e. The molecule has 0 atom stereocenters. The summed E-state index contributed by atoms with van der Waals surface area (Å²) in [4.78, 5) is 4.15. The summed E-state index contributed by atoms with van der Waals surface area (Å²) in [7, 11) is 0. The fourth-order valence-electron chi connectivity index (χ4n) is 2.73. The zero-order chi connectivity index (χ0) is 14.4. The van der Waals surface area contributed by atoms with E-state index in [1.54, 1.807) is 0 Å². The third-order valence-electron chi connectivity index (χ3n) is 3.97. The summed E-state index contributed by atoms with van der Waals surface area (Å²) in [5.41, 5.74) is 1.46. The minimum atomic E-state index is 0.387. The molecule has 0 N–H and O–H groups in total. The first-order chi connectivity index (χ1) is 10.4. The number of aryl methyl sites for hydroxylation is 2. The van der Waals surface area contributed by atoms with Gasteiger partial charge in [0.05, 0.1) is 10.4 Å². The molecule has 21 heavy (non-hydrogen) atoms. The van der Waals surface area contributed by atoms with Crippen molar-refractivity contribution in [2.24, 2.45) is 0 Å². The summed E-state index contributed by atoms with van der Waals surface area (Å²) in [5.74, 6) is 2.62. The Hall–Kier alpha value is -0.870. The molecule has 1 fully saturated rings. The molecule has 0 unspecified atom stereocenters. The predicted molar refractivity (Wildman–Crippen MR) is 93.9 cm³/mol. The number of rotatable bonds is 6. The maximum absolute atomic E-state index is 4.15. The first-order valence-electron chi connectivity index (χ1n) is 7.64. The van der Waals surface area contributed by atoms with Gasteiger partial charge in [-0.25, -0.2) is 4.98 Å². The molecule has 2 nitrogen and oxygen atoms in total. The Morgan fingerprint density at radius 3 is 2.62 bits per heavy atom. The minimum absolute atomic E-state index is 0.387. The number of thioether (sulfide) groups is 2. The van der Waals surface area contributed by atoms with Gasteiger partial charge in [0.1, 0.15) is 0 Å². The highest BCUT2D eigenvalue weighted by Gasteiger charge is 2.33. The van der Waals surface area contributed by atoms with Crippen molar-refractivity contribution in [2.75, 3.05) is 11.5 Å². The second-order valence-corrected chi connectivity index (χ2v) is 8.71. The Morgan fingerprint density at radius 2 is 1.90 bits per heavy atom. The number of aromatic nitrogens is 2. The van der Waals surface area contributed by atoms with Crippen molar-refractivity contribution >= 4 is 23.5 Å². The van der Waals surface area contributed by atoms with Crippen LogP contribution in [0.4, 0.5) is 0 Å². The molecule has 0 radical (unpaired) electrons. The summed E-state index contributed by atoms with van der Waals surface area (Å²) >= 11 is 4.36. The van der Waals surface area contributed by atoms with Crippen molar-refractivity contribution in [3.63, 3.8) is 0 Å². The van der Waals surface area contributed by atoms with Crippen LogP contribution in [0.25, 0.3) is 0 Å². The number of hydrogen-bond donors (Lipinski definition) is 0. The molecular formula is C17H22N2S2. The van der Waals surface area contributed by atoms with E-state index in [2.05, 4.69) is 69.6 Å². The van der Waals surface area contributed by atoms with Crippen LogP contribution in [0.5, 0.6) is 0 Å². The molecular weight excluding hydrogens is 296 g/mol. The van der Waals surface area contributed by atoms with E-state index in [0.717, 1.165) is 6.54 Å². The van der Waals surface area contributed by atoms with E-state index in [1.807, 2.05) is 12.5 Å². The first-order valence-corrected chi connectivity index (χ1v) is 9.61. The van der Waals surface area contributed by atoms with Crippen LogP contribution in [0, 0.1) is 0 Å². The molecule has 0 saturated carbocycles. The van der Waals surface area contributed by atoms with Crippen LogP contribution < -0.4 is 0 Å². The van der Waals surface area contributed by atoms with E-state index in [4.69, 9.17) is 0 Å². The first kappa shape index (κ1) is 15.0. The Labute approximate surface area is 135 Å². The normalized spacial score (nSPS) is 17.7. The Bertz CT molecular complexity index is 519. The van der Waals surface area contributed by atoms with Gasteiger partial charge in [-0.2, -0.15) is 0 Å². The van der Waals surface area contributed by atoms with Gasteiger partial charge in [-0.15, -0.1) is 23.5 Å². The van der Waals surface area contributed by atoms with Crippen LogP contribution in [0.2, 0.25) is 0 Å². The third-order valence-corrected chi connectivity index (χ3v) is 7.53. The van der Waals surface area contributed by atoms with Crippen LogP contribution >= 0.6 is 23.5 Å². The number of benzene rings is 1. The van der Waals surface area contributed by atoms with Crippen molar-refractivity contribution in [1.29, 1.82) is 0 Å². The molecule has 112 valence electrons. The zero-order valence-electron chi connectivity index (χ0n) is 12.3. The largest absolute Gasteiger partial charge is 0.337 e. The van der Waals surface area contributed by atoms with Crippen molar-refractivity contribution in [3.05, 3.63) is 54.6 Å². The SMILES string of the molecule is c1ccc(CCC2(CCn3ccnc3)SCCCS2)cc1. The second-order valence-electron chi connectivity index (χ2n) is 5.50. The van der Waals surface area contributed by atoms with E-state index >= 15 is 0 Å². The molecule has 1 aliphatic heterocycles. The minimum Gasteiger partial charge on any atom is -0.337 e. The monoisotopic (exact) mass is 318 g/mol. The molecule has 0 aliphatic carbocycles. The molecule has 1 aromatic carbocycles. The molecule has 3 rings (SSSR count). The second kappa shape index (κ2) is 7.41. The van der Waals surface area contributed by atoms with E-state index in [0.29, 0.717) is 4.08 Å². The van der Waals surface area contributed by atoms with E-state index < -0.39 is 0 Å². The fraction of sp³-hybridized carbons (Fsp3) is 0.471. The summed E-state index contributed by atoms with van der Waals surface area (Å²) in [6, 6.07) is 10.9. The van der Waals surface area contributed by atoms with Crippen LogP contribution in [0.15, 0.2) is 49.1 Å². The summed E-state index contributed by atoms with van der Waals surface area (Å²) in [5, 5.41) is 0. The standard InChI is InChI=1S/C17H22N2S2/c1-2-5-16(6-3-1)7-8-17(20-13-4-14-21-17)9-11-19-12-10-18-15-19/h1-3,5-6,10,12,15H,4,7-9,11,13-14H2. The van der Waals surface area contributed by atoms with Gasteiger partial charge in [-0.1, -0.05) is 30.3 Å². The maximum Gasteiger partial charge on any atom is 0.0945 e. The van der Waals surface area contributed by atoms with Gasteiger partial charge in [-0.3, -0.25) is 0 Å². The van der Waals surface area contributed by atoms with Gasteiger partial charge >= 0.3 is 0 Å². The van der Waals surface area contributed by atoms with Gasteiger partial charge in [0.25, 0.3) is 0 Å². The molecule has 1 saturated heterocycles. The van der Waals surface area contributed by atoms with Gasteiger partial charge in [-0.05, 0) is 42.8 Å². The summed E-state index contributed by atoms with van der Waals surface area (Å²) in [6.07, 6.45) is 10.9. The highest BCUT2D eigenvalue weighted by molar-refractivity contribution is 8.18. The molecule has 0 amide bonds. The van der Waals surface area contributed by atoms with Crippen molar-refractivity contribution in [1.82, 2.24) is 9.55 Å². The third kappa shape index (κ3) is 4.30. The molecule has 4 heteroatoms. The Morgan fingerprint density at radius 1 is 1.10 bits per heavy atom. The number of nitrogens with zero attached hydrogens (tertiary/aromatic N) is 2. The molecule has 1 aliphatic rings. The van der Waals surface area contributed by atoms with Gasteiger partial charge in [0, 0.05) is 18.9 Å². The predicted octanol–water partition coefficient (Wildman–Crippen LogP) is 4.47. The lowest BCUT2D eigenvalue weighted by Crippen LogP contribution is -2.27. The molecule has 0 spiro atoms. The molecule has 2 heterocycles. The van der Waals surface area contributed by atoms with Crippen LogP contribution in [-0.2, 0) is 13.0 Å². The van der Waals surface area contributed by atoms with Crippen molar-refractivity contribution in [3.8, 4) is 0 Å². The fourth-order valence-corrected chi connectivity index (χ4v) is 6.03. The highest BCUT2D eigenvalue weighted by Crippen LogP contribution is 2.48. The van der Waals surface area contributed by atoms with E-state index in [1.165, 1.54) is 42.8 Å². The zero-order valence-corrected chi connectivity index (χ0v) is 13.9. The number of hydrogen-bond acceptors (Lipinski definition) is 3. The van der Waals surface area contributed by atoms with Crippen LogP contribution in [0.3, 0.4) is 0 Å². The molecule has 1 aromatic heterocycles. The topological polar surface area (TPSA) is 17.8 Å². The quantitative estimate of drug-likeness (QED) is 0.782. The lowest BCUT2D eigenvalue weighted by Gasteiger charge is -2.36. The van der Waals surface area contributed by atoms with E-state index in [-0.39, 0.29) is 0 Å². The molecule has 0 bridgehead atoms. The van der Waals surface area contributed by atoms with E-state index in [9.17, 15) is 0 Å². The average Bonchev–Trinajstić information content (AvgIpc) is 3.07. The maximum atomic E-state index is 4.15. The highest BCUT2D eigenvalue weighted by atomic mass is 32.2.